The van der Waals surface area contributed by atoms with E-state index in [-0.39, 0.29) is 10.7 Å². The van der Waals surface area contributed by atoms with Crippen LogP contribution in [0.15, 0.2) is 47.6 Å². The summed E-state index contributed by atoms with van der Waals surface area (Å²) in [6.07, 6.45) is 7.10. The zero-order valence-electron chi connectivity index (χ0n) is 15.2. The molecule has 2 aromatic heterocycles. The van der Waals surface area contributed by atoms with Gasteiger partial charge in [0.1, 0.15) is 0 Å². The molecule has 28 heavy (non-hydrogen) atoms. The molecular weight excluding hydrogens is 380 g/mol. The minimum atomic E-state index is -3.52. The fraction of sp³-hybridized carbons (Fsp3) is 0.333. The normalized spacial score (nSPS) is 16.0. The van der Waals surface area contributed by atoms with Gasteiger partial charge >= 0.3 is 0 Å². The number of rotatable bonds is 4. The van der Waals surface area contributed by atoms with Gasteiger partial charge in [-0.15, -0.1) is 5.10 Å². The fourth-order valence-electron chi connectivity index (χ4n) is 3.16. The Labute approximate surface area is 162 Å². The van der Waals surface area contributed by atoms with Gasteiger partial charge in [-0.25, -0.2) is 17.9 Å². The van der Waals surface area contributed by atoms with E-state index in [1.54, 1.807) is 34.9 Å². The second kappa shape index (κ2) is 7.64. The highest BCUT2D eigenvalue weighted by Crippen LogP contribution is 2.22. The molecule has 1 aliphatic heterocycles. The predicted molar refractivity (Wildman–Crippen MR) is 102 cm³/mol. The maximum atomic E-state index is 12.8. The monoisotopic (exact) mass is 400 g/mol. The van der Waals surface area contributed by atoms with Crippen LogP contribution in [-0.4, -0.2) is 51.3 Å². The van der Waals surface area contributed by atoms with Gasteiger partial charge in [-0.1, -0.05) is 12.8 Å². The van der Waals surface area contributed by atoms with Gasteiger partial charge in [0.25, 0.3) is 11.7 Å². The van der Waals surface area contributed by atoms with Gasteiger partial charge in [0.05, 0.1) is 4.90 Å². The minimum absolute atomic E-state index is 0.0139. The van der Waals surface area contributed by atoms with Crippen LogP contribution in [0, 0.1) is 0 Å². The smallest absolute Gasteiger partial charge is 0.295 e. The lowest BCUT2D eigenvalue weighted by Crippen LogP contribution is -2.31. The van der Waals surface area contributed by atoms with E-state index >= 15 is 0 Å². The number of aromatic nitrogens is 4. The third kappa shape index (κ3) is 3.73. The zero-order valence-corrected chi connectivity index (χ0v) is 16.0. The van der Waals surface area contributed by atoms with Crippen LogP contribution in [-0.2, 0) is 10.0 Å². The topological polar surface area (TPSA) is 110 Å². The summed E-state index contributed by atoms with van der Waals surface area (Å²) < 4.78 is 28.6. The molecule has 10 heteroatoms. The van der Waals surface area contributed by atoms with Crippen LogP contribution in [0.1, 0.15) is 36.3 Å². The van der Waals surface area contributed by atoms with Gasteiger partial charge < -0.3 is 5.32 Å². The largest absolute Gasteiger partial charge is 0.319 e. The summed E-state index contributed by atoms with van der Waals surface area (Å²) in [5, 5.41) is 6.74. The summed E-state index contributed by atoms with van der Waals surface area (Å²) in [5.41, 5.74) is 0.464. The van der Waals surface area contributed by atoms with Crippen molar-refractivity contribution in [2.24, 2.45) is 0 Å². The Morgan fingerprint density at radius 1 is 1.04 bits per heavy atom. The number of fused-ring (bicyclic) bond motifs is 1. The molecule has 1 amide bonds. The van der Waals surface area contributed by atoms with Crippen LogP contribution in [0.3, 0.4) is 0 Å². The van der Waals surface area contributed by atoms with Crippen molar-refractivity contribution in [3.05, 3.63) is 48.5 Å². The highest BCUT2D eigenvalue weighted by Gasteiger charge is 2.25. The van der Waals surface area contributed by atoms with E-state index < -0.39 is 15.9 Å². The molecule has 0 radical (unpaired) electrons. The summed E-state index contributed by atoms with van der Waals surface area (Å²) in [7, 11) is -3.52. The van der Waals surface area contributed by atoms with Crippen molar-refractivity contribution in [3.63, 3.8) is 0 Å². The van der Waals surface area contributed by atoms with Crippen LogP contribution in [0.25, 0.3) is 5.78 Å². The fourth-order valence-corrected chi connectivity index (χ4v) is 4.67. The Kier molecular flexibility index (Phi) is 5.05. The standard InChI is InChI=1S/C18H20N6O3S/c25-17(16-21-18-19-10-5-13-24(18)22-16)20-14-6-8-15(9-7-14)28(26,27)23-11-3-1-2-4-12-23/h5-10,13H,1-4,11-12H2,(H,20,25). The molecule has 9 nitrogen and oxygen atoms in total. The lowest BCUT2D eigenvalue weighted by atomic mass is 10.2. The van der Waals surface area contributed by atoms with Crippen molar-refractivity contribution in [2.75, 3.05) is 18.4 Å². The van der Waals surface area contributed by atoms with Crippen LogP contribution < -0.4 is 5.32 Å². The van der Waals surface area contributed by atoms with E-state index in [1.807, 2.05) is 0 Å². The molecule has 0 atom stereocenters. The average molecular weight is 400 g/mol. The summed E-state index contributed by atoms with van der Waals surface area (Å²) >= 11 is 0. The Morgan fingerprint density at radius 2 is 1.75 bits per heavy atom. The summed E-state index contributed by atoms with van der Waals surface area (Å²) in [6.45, 7) is 1.10. The second-order valence-electron chi connectivity index (χ2n) is 6.60. The molecule has 1 N–H and O–H groups in total. The first-order valence-electron chi connectivity index (χ1n) is 9.13. The number of amides is 1. The van der Waals surface area contributed by atoms with E-state index in [0.29, 0.717) is 24.6 Å². The Balaban J connectivity index is 1.48. The molecular formula is C18H20N6O3S. The highest BCUT2D eigenvalue weighted by molar-refractivity contribution is 7.89. The Hall–Kier alpha value is -2.85. The molecule has 1 saturated heterocycles. The van der Waals surface area contributed by atoms with Crippen LogP contribution in [0.5, 0.6) is 0 Å². The number of hydrogen-bond acceptors (Lipinski definition) is 6. The molecule has 1 fully saturated rings. The third-order valence-corrected chi connectivity index (χ3v) is 6.55. The molecule has 1 aromatic carbocycles. The van der Waals surface area contributed by atoms with Gasteiger partial charge in [0, 0.05) is 31.2 Å². The van der Waals surface area contributed by atoms with E-state index in [0.717, 1.165) is 25.7 Å². The number of sulfonamides is 1. The molecule has 3 heterocycles. The lowest BCUT2D eigenvalue weighted by Gasteiger charge is -2.20. The molecule has 0 unspecified atom stereocenters. The lowest BCUT2D eigenvalue weighted by molar-refractivity contribution is 0.101. The van der Waals surface area contributed by atoms with E-state index in [9.17, 15) is 13.2 Å². The van der Waals surface area contributed by atoms with Crippen LogP contribution in [0.4, 0.5) is 5.69 Å². The SMILES string of the molecule is O=C(Nc1ccc(S(=O)(=O)N2CCCCCC2)cc1)c1nc2ncccn2n1. The third-order valence-electron chi connectivity index (χ3n) is 4.63. The number of carbonyl (C=O) groups is 1. The highest BCUT2D eigenvalue weighted by atomic mass is 32.2. The van der Waals surface area contributed by atoms with Gasteiger partial charge in [-0.2, -0.15) is 9.29 Å². The quantitative estimate of drug-likeness (QED) is 0.717. The van der Waals surface area contributed by atoms with E-state index in [1.165, 1.54) is 16.6 Å². The Morgan fingerprint density at radius 3 is 2.43 bits per heavy atom. The zero-order chi connectivity index (χ0) is 19.6. The molecule has 3 aromatic rings. The molecule has 0 bridgehead atoms. The number of carbonyl (C=O) groups excluding carboxylic acids is 1. The van der Waals surface area contributed by atoms with Gasteiger partial charge in [-0.3, -0.25) is 4.79 Å². The number of nitrogens with zero attached hydrogens (tertiary/aromatic N) is 5. The second-order valence-corrected chi connectivity index (χ2v) is 8.53. The number of hydrogen-bond donors (Lipinski definition) is 1. The molecule has 146 valence electrons. The maximum absolute atomic E-state index is 12.8. The molecule has 0 saturated carbocycles. The molecule has 0 spiro atoms. The number of anilines is 1. The average Bonchev–Trinajstić information content (AvgIpc) is 2.94. The molecule has 4 rings (SSSR count). The van der Waals surface area contributed by atoms with Crippen molar-refractivity contribution in [1.82, 2.24) is 23.9 Å². The van der Waals surface area contributed by atoms with Crippen molar-refractivity contribution >= 4 is 27.4 Å². The first-order chi connectivity index (χ1) is 13.5. The van der Waals surface area contributed by atoms with Crippen molar-refractivity contribution < 1.29 is 13.2 Å². The summed E-state index contributed by atoms with van der Waals surface area (Å²) in [4.78, 5) is 20.7. The van der Waals surface area contributed by atoms with E-state index in [2.05, 4.69) is 20.4 Å². The van der Waals surface area contributed by atoms with Crippen molar-refractivity contribution in [1.29, 1.82) is 0 Å². The first kappa shape index (κ1) is 18.5. The first-order valence-corrected chi connectivity index (χ1v) is 10.6. The number of nitrogens with one attached hydrogen (secondary N) is 1. The summed E-state index contributed by atoms with van der Waals surface area (Å²) in [5.74, 6) is -0.180. The van der Waals surface area contributed by atoms with E-state index in [4.69, 9.17) is 0 Å². The van der Waals surface area contributed by atoms with Gasteiger partial charge in [0.2, 0.25) is 15.8 Å². The van der Waals surface area contributed by atoms with Gasteiger partial charge in [-0.05, 0) is 43.2 Å². The van der Waals surface area contributed by atoms with Crippen LogP contribution >= 0.6 is 0 Å². The number of benzene rings is 1. The van der Waals surface area contributed by atoms with Gasteiger partial charge in [0.15, 0.2) is 0 Å². The predicted octanol–water partition coefficient (Wildman–Crippen LogP) is 1.94. The van der Waals surface area contributed by atoms with Crippen molar-refractivity contribution in [3.8, 4) is 0 Å². The Bertz CT molecular complexity index is 1050. The van der Waals surface area contributed by atoms with Crippen molar-refractivity contribution in [2.45, 2.75) is 30.6 Å². The van der Waals surface area contributed by atoms with Crippen LogP contribution in [0.2, 0.25) is 0 Å². The summed E-state index contributed by atoms with van der Waals surface area (Å²) in [6, 6.07) is 7.84. The molecule has 1 aliphatic rings. The molecule has 0 aliphatic carbocycles. The minimum Gasteiger partial charge on any atom is -0.319 e. The maximum Gasteiger partial charge on any atom is 0.295 e.